The first-order valence-corrected chi connectivity index (χ1v) is 9.71. The smallest absolute Gasteiger partial charge is 0.344 e. The number of nitrogens with one attached hydrogen (secondary N) is 3. The van der Waals surface area contributed by atoms with Gasteiger partial charge in [0.15, 0.2) is 5.16 Å². The molecule has 2 heterocycles. The van der Waals surface area contributed by atoms with Crippen molar-refractivity contribution in [2.45, 2.75) is 30.6 Å². The average molecular weight is 409 g/mol. The summed E-state index contributed by atoms with van der Waals surface area (Å²) < 4.78 is 19.8. The van der Waals surface area contributed by atoms with E-state index in [9.17, 15) is 18.8 Å². The van der Waals surface area contributed by atoms with Crippen LogP contribution < -0.4 is 16.3 Å². The first-order valence-electron chi connectivity index (χ1n) is 8.73. The van der Waals surface area contributed by atoms with Crippen LogP contribution in [0.15, 0.2) is 34.2 Å². The van der Waals surface area contributed by atoms with Crippen LogP contribution in [-0.2, 0) is 20.9 Å². The molecule has 0 radical (unpaired) electrons. The van der Waals surface area contributed by atoms with Crippen LogP contribution in [0.25, 0.3) is 0 Å². The third kappa shape index (κ3) is 5.67. The number of nitrogens with zero attached hydrogens (tertiary/aromatic N) is 2. The van der Waals surface area contributed by atoms with Gasteiger partial charge >= 0.3 is 5.69 Å². The molecule has 0 bridgehead atoms. The molecular weight excluding hydrogens is 389 g/mol. The fourth-order valence-electron chi connectivity index (χ4n) is 2.66. The van der Waals surface area contributed by atoms with Crippen molar-refractivity contribution in [1.29, 1.82) is 0 Å². The Morgan fingerprint density at radius 1 is 1.32 bits per heavy atom. The third-order valence-electron chi connectivity index (χ3n) is 4.04. The predicted octanol–water partition coefficient (Wildman–Crippen LogP) is 0.736. The highest BCUT2D eigenvalue weighted by Crippen LogP contribution is 2.17. The van der Waals surface area contributed by atoms with Crippen molar-refractivity contribution < 1.29 is 18.7 Å². The topological polar surface area (TPSA) is 118 Å². The summed E-state index contributed by atoms with van der Waals surface area (Å²) in [6.45, 7) is 0.849. The molecule has 0 aliphatic carbocycles. The third-order valence-corrected chi connectivity index (χ3v) is 5.02. The zero-order valence-corrected chi connectivity index (χ0v) is 15.8. The molecular formula is C17H20FN5O4S. The summed E-state index contributed by atoms with van der Waals surface area (Å²) in [5.41, 5.74) is 0.0850. The zero-order chi connectivity index (χ0) is 19.9. The van der Waals surface area contributed by atoms with Gasteiger partial charge in [-0.25, -0.2) is 14.3 Å². The van der Waals surface area contributed by atoms with Crippen LogP contribution in [0.2, 0.25) is 0 Å². The number of aromatic amines is 1. The van der Waals surface area contributed by atoms with Crippen molar-refractivity contribution >= 4 is 29.3 Å². The van der Waals surface area contributed by atoms with Gasteiger partial charge in [-0.05, 0) is 37.1 Å². The maximum absolute atomic E-state index is 12.8. The van der Waals surface area contributed by atoms with Crippen molar-refractivity contribution in [2.75, 3.05) is 24.2 Å². The number of aromatic nitrogens is 3. The van der Waals surface area contributed by atoms with Gasteiger partial charge in [-0.3, -0.25) is 14.2 Å². The van der Waals surface area contributed by atoms with E-state index in [-0.39, 0.29) is 30.0 Å². The van der Waals surface area contributed by atoms with Crippen LogP contribution in [0, 0.1) is 5.82 Å². The van der Waals surface area contributed by atoms with Crippen LogP contribution in [0.1, 0.15) is 12.8 Å². The minimum atomic E-state index is -0.431. The molecule has 2 aromatic rings. The number of hydrogen-bond acceptors (Lipinski definition) is 6. The molecule has 28 heavy (non-hydrogen) atoms. The average Bonchev–Trinajstić information content (AvgIpc) is 3.31. The van der Waals surface area contributed by atoms with Crippen LogP contribution in [0.3, 0.4) is 0 Å². The molecule has 1 aliphatic rings. The Morgan fingerprint density at radius 2 is 2.11 bits per heavy atom. The molecule has 0 spiro atoms. The lowest BCUT2D eigenvalue weighted by atomic mass is 10.2. The highest BCUT2D eigenvalue weighted by atomic mass is 32.2. The van der Waals surface area contributed by atoms with Gasteiger partial charge in [0, 0.05) is 12.3 Å². The number of anilines is 1. The maximum atomic E-state index is 12.8. The fraction of sp³-hybridized carbons (Fsp3) is 0.412. The SMILES string of the molecule is O=C(CSc1n[nH]c(=O)n1C[C@@H]1CCCO1)NCC(=O)Nc1ccc(F)cc1. The number of carbonyl (C=O) groups is 2. The second kappa shape index (κ2) is 9.51. The molecule has 3 N–H and O–H groups in total. The number of carbonyl (C=O) groups excluding carboxylic acids is 2. The summed E-state index contributed by atoms with van der Waals surface area (Å²) in [6, 6.07) is 5.31. The summed E-state index contributed by atoms with van der Waals surface area (Å²) in [5, 5.41) is 11.7. The van der Waals surface area contributed by atoms with E-state index in [0.717, 1.165) is 24.6 Å². The molecule has 0 saturated carbocycles. The molecule has 1 saturated heterocycles. The monoisotopic (exact) mass is 409 g/mol. The highest BCUT2D eigenvalue weighted by Gasteiger charge is 2.20. The first kappa shape index (κ1) is 20.1. The van der Waals surface area contributed by atoms with Crippen LogP contribution >= 0.6 is 11.8 Å². The van der Waals surface area contributed by atoms with Crippen LogP contribution in [0.5, 0.6) is 0 Å². The lowest BCUT2D eigenvalue weighted by Crippen LogP contribution is -2.34. The van der Waals surface area contributed by atoms with E-state index >= 15 is 0 Å². The second-order valence-corrected chi connectivity index (χ2v) is 7.12. The molecule has 1 aromatic heterocycles. The van der Waals surface area contributed by atoms with Gasteiger partial charge in [-0.2, -0.15) is 0 Å². The maximum Gasteiger partial charge on any atom is 0.344 e. The van der Waals surface area contributed by atoms with Gasteiger partial charge < -0.3 is 15.4 Å². The minimum Gasteiger partial charge on any atom is -0.376 e. The number of ether oxygens (including phenoxy) is 1. The molecule has 1 atom stereocenters. The Kier molecular flexibility index (Phi) is 6.82. The van der Waals surface area contributed by atoms with Crippen LogP contribution in [-0.4, -0.2) is 51.6 Å². The van der Waals surface area contributed by atoms with Gasteiger partial charge in [0.1, 0.15) is 5.82 Å². The van der Waals surface area contributed by atoms with E-state index in [4.69, 9.17) is 4.74 Å². The molecule has 150 valence electrons. The van der Waals surface area contributed by atoms with Gasteiger partial charge in [0.2, 0.25) is 11.8 Å². The molecule has 1 aliphatic heterocycles. The molecule has 1 aromatic carbocycles. The van der Waals surface area contributed by atoms with E-state index in [2.05, 4.69) is 20.8 Å². The summed E-state index contributed by atoms with van der Waals surface area (Å²) >= 11 is 1.10. The first-order chi connectivity index (χ1) is 13.5. The number of hydrogen-bond donors (Lipinski definition) is 3. The van der Waals surface area contributed by atoms with Crippen LogP contribution in [0.4, 0.5) is 10.1 Å². The Bertz CT molecular complexity index is 876. The Balaban J connectivity index is 1.43. The van der Waals surface area contributed by atoms with E-state index in [0.29, 0.717) is 24.0 Å². The summed E-state index contributed by atoms with van der Waals surface area (Å²) in [6.07, 6.45) is 1.81. The Hall–Kier alpha value is -2.66. The molecule has 0 unspecified atom stereocenters. The van der Waals surface area contributed by atoms with E-state index in [1.807, 2.05) is 0 Å². The summed E-state index contributed by atoms with van der Waals surface area (Å²) in [7, 11) is 0. The standard InChI is InChI=1S/C17H20FN5O4S/c18-11-3-5-12(6-4-11)20-14(24)8-19-15(25)10-28-17-22-21-16(26)23(17)9-13-2-1-7-27-13/h3-6,13H,1-2,7-10H2,(H,19,25)(H,20,24)(H,21,26)/t13-/m0/s1. The number of benzene rings is 1. The van der Waals surface area contributed by atoms with E-state index < -0.39 is 11.7 Å². The number of halogens is 1. The lowest BCUT2D eigenvalue weighted by Gasteiger charge is -2.11. The van der Waals surface area contributed by atoms with Crippen molar-refractivity contribution in [2.24, 2.45) is 0 Å². The van der Waals surface area contributed by atoms with Gasteiger partial charge in [0.25, 0.3) is 0 Å². The van der Waals surface area contributed by atoms with Crippen molar-refractivity contribution in [3.8, 4) is 0 Å². The van der Waals surface area contributed by atoms with Gasteiger partial charge in [-0.15, -0.1) is 5.10 Å². The number of H-pyrrole nitrogens is 1. The molecule has 1 fully saturated rings. The zero-order valence-electron chi connectivity index (χ0n) is 14.9. The fourth-order valence-corrected chi connectivity index (χ4v) is 3.45. The number of rotatable bonds is 8. The molecule has 9 nitrogen and oxygen atoms in total. The second-order valence-electron chi connectivity index (χ2n) is 6.18. The van der Waals surface area contributed by atoms with Crippen molar-refractivity contribution in [1.82, 2.24) is 20.1 Å². The number of amides is 2. The quantitative estimate of drug-likeness (QED) is 0.554. The van der Waals surface area contributed by atoms with Gasteiger partial charge in [0.05, 0.1) is 24.9 Å². The van der Waals surface area contributed by atoms with E-state index in [1.165, 1.54) is 28.8 Å². The summed E-state index contributed by atoms with van der Waals surface area (Å²) in [5.74, 6) is -1.21. The van der Waals surface area contributed by atoms with E-state index in [1.54, 1.807) is 0 Å². The Morgan fingerprint density at radius 3 is 2.82 bits per heavy atom. The van der Waals surface area contributed by atoms with Gasteiger partial charge in [-0.1, -0.05) is 11.8 Å². The molecule has 11 heteroatoms. The largest absolute Gasteiger partial charge is 0.376 e. The Labute approximate surface area is 164 Å². The lowest BCUT2D eigenvalue weighted by molar-refractivity contribution is -0.122. The molecule has 2 amide bonds. The normalized spacial score (nSPS) is 16.1. The van der Waals surface area contributed by atoms with Crippen molar-refractivity contribution in [3.05, 3.63) is 40.6 Å². The van der Waals surface area contributed by atoms with Crippen molar-refractivity contribution in [3.63, 3.8) is 0 Å². The number of thioether (sulfide) groups is 1. The molecule has 3 rings (SSSR count). The summed E-state index contributed by atoms with van der Waals surface area (Å²) in [4.78, 5) is 35.7. The highest BCUT2D eigenvalue weighted by molar-refractivity contribution is 7.99. The minimum absolute atomic E-state index is 0.000352. The predicted molar refractivity (Wildman–Crippen MR) is 101 cm³/mol.